The molecule has 0 bridgehead atoms. The SMILES string of the molecule is CCOC(C)c1ccc2c(-c3ccc(F)cc3Cl)cc(=O)oc2c1. The molecule has 1 heterocycles. The average Bonchev–Trinajstić information content (AvgIpc) is 2.54. The van der Waals surface area contributed by atoms with Crippen molar-refractivity contribution in [3.8, 4) is 11.1 Å². The van der Waals surface area contributed by atoms with Crippen molar-refractivity contribution < 1.29 is 13.5 Å². The number of rotatable bonds is 4. The average molecular weight is 347 g/mol. The zero-order valence-electron chi connectivity index (χ0n) is 13.3. The van der Waals surface area contributed by atoms with Crippen LogP contribution in [0, 0.1) is 5.82 Å². The van der Waals surface area contributed by atoms with Gasteiger partial charge in [0.2, 0.25) is 0 Å². The first-order chi connectivity index (χ1) is 11.5. The number of ether oxygens (including phenoxy) is 1. The molecule has 2 aromatic carbocycles. The van der Waals surface area contributed by atoms with Crippen molar-refractivity contribution in [3.05, 3.63) is 69.3 Å². The van der Waals surface area contributed by atoms with Gasteiger partial charge in [-0.2, -0.15) is 0 Å². The van der Waals surface area contributed by atoms with Crippen LogP contribution in [0.3, 0.4) is 0 Å². The second-order valence-electron chi connectivity index (χ2n) is 5.46. The summed E-state index contributed by atoms with van der Waals surface area (Å²) in [5.74, 6) is -0.427. The van der Waals surface area contributed by atoms with Gasteiger partial charge in [-0.1, -0.05) is 23.7 Å². The Balaban J connectivity index is 2.20. The summed E-state index contributed by atoms with van der Waals surface area (Å²) in [7, 11) is 0. The summed E-state index contributed by atoms with van der Waals surface area (Å²) in [5, 5.41) is 0.976. The van der Waals surface area contributed by atoms with Gasteiger partial charge < -0.3 is 9.15 Å². The maximum atomic E-state index is 13.3. The van der Waals surface area contributed by atoms with Crippen LogP contribution >= 0.6 is 11.6 Å². The molecule has 1 atom stereocenters. The second kappa shape index (κ2) is 6.75. The molecule has 5 heteroatoms. The van der Waals surface area contributed by atoms with Crippen LogP contribution in [0.1, 0.15) is 25.5 Å². The van der Waals surface area contributed by atoms with Crippen LogP contribution in [0.2, 0.25) is 5.02 Å². The lowest BCUT2D eigenvalue weighted by atomic mass is 10.00. The van der Waals surface area contributed by atoms with Crippen LogP contribution in [0.15, 0.2) is 51.7 Å². The zero-order valence-corrected chi connectivity index (χ0v) is 14.1. The molecule has 1 aromatic heterocycles. The Bertz CT molecular complexity index is 949. The summed E-state index contributed by atoms with van der Waals surface area (Å²) in [6.07, 6.45) is -0.109. The normalized spacial score (nSPS) is 12.5. The molecule has 0 saturated carbocycles. The van der Waals surface area contributed by atoms with E-state index in [-0.39, 0.29) is 11.1 Å². The van der Waals surface area contributed by atoms with Gasteiger partial charge in [0.15, 0.2) is 0 Å². The Morgan fingerprint density at radius 3 is 2.67 bits per heavy atom. The lowest BCUT2D eigenvalue weighted by Gasteiger charge is -2.13. The van der Waals surface area contributed by atoms with Gasteiger partial charge in [-0.25, -0.2) is 9.18 Å². The first-order valence-corrected chi connectivity index (χ1v) is 8.02. The van der Waals surface area contributed by atoms with Gasteiger partial charge in [-0.05, 0) is 43.7 Å². The van der Waals surface area contributed by atoms with Gasteiger partial charge in [0, 0.05) is 29.2 Å². The fraction of sp³-hybridized carbons (Fsp3) is 0.211. The summed E-state index contributed by atoms with van der Waals surface area (Å²) >= 11 is 6.15. The summed E-state index contributed by atoms with van der Waals surface area (Å²) in [4.78, 5) is 11.9. The maximum Gasteiger partial charge on any atom is 0.336 e. The highest BCUT2D eigenvalue weighted by atomic mass is 35.5. The number of halogens is 2. The lowest BCUT2D eigenvalue weighted by Crippen LogP contribution is -2.02. The van der Waals surface area contributed by atoms with E-state index in [9.17, 15) is 9.18 Å². The zero-order chi connectivity index (χ0) is 17.3. The van der Waals surface area contributed by atoms with E-state index in [1.165, 1.54) is 18.2 Å². The highest BCUT2D eigenvalue weighted by Gasteiger charge is 2.14. The largest absolute Gasteiger partial charge is 0.423 e. The number of hydrogen-bond donors (Lipinski definition) is 0. The standard InChI is InChI=1S/C19H16ClFO3/c1-3-23-11(2)12-4-6-15-16(10-19(22)24-18(15)8-12)14-7-5-13(21)9-17(14)20/h4-11H,3H2,1-2H3. The van der Waals surface area contributed by atoms with Crippen LogP contribution in [-0.4, -0.2) is 6.61 Å². The van der Waals surface area contributed by atoms with E-state index < -0.39 is 11.4 Å². The molecule has 3 rings (SSSR count). The molecule has 0 aliphatic heterocycles. The minimum Gasteiger partial charge on any atom is -0.423 e. The Hall–Kier alpha value is -2.17. The van der Waals surface area contributed by atoms with E-state index in [1.54, 1.807) is 12.1 Å². The molecule has 124 valence electrons. The van der Waals surface area contributed by atoms with Crippen molar-refractivity contribution in [2.75, 3.05) is 6.61 Å². The molecule has 24 heavy (non-hydrogen) atoms. The predicted molar refractivity (Wildman–Crippen MR) is 92.9 cm³/mol. The molecule has 0 amide bonds. The van der Waals surface area contributed by atoms with E-state index in [0.29, 0.717) is 23.3 Å². The predicted octanol–water partition coefficient (Wildman–Crippen LogP) is 5.35. The Morgan fingerprint density at radius 2 is 1.96 bits per heavy atom. The van der Waals surface area contributed by atoms with Crippen LogP contribution in [0.25, 0.3) is 22.1 Å². The molecule has 0 radical (unpaired) electrons. The van der Waals surface area contributed by atoms with Crippen LogP contribution < -0.4 is 5.63 Å². The summed E-state index contributed by atoms with van der Waals surface area (Å²) < 4.78 is 24.2. The highest BCUT2D eigenvalue weighted by molar-refractivity contribution is 6.33. The molecule has 3 nitrogen and oxygen atoms in total. The van der Waals surface area contributed by atoms with Crippen LogP contribution in [-0.2, 0) is 4.74 Å². The maximum absolute atomic E-state index is 13.3. The molecular weight excluding hydrogens is 331 g/mol. The highest BCUT2D eigenvalue weighted by Crippen LogP contribution is 2.34. The number of hydrogen-bond acceptors (Lipinski definition) is 3. The summed E-state index contributed by atoms with van der Waals surface area (Å²) in [6, 6.07) is 11.0. The van der Waals surface area contributed by atoms with E-state index in [0.717, 1.165) is 10.9 Å². The molecule has 0 N–H and O–H groups in total. The van der Waals surface area contributed by atoms with Gasteiger partial charge in [0.25, 0.3) is 0 Å². The Labute approximate surface area is 143 Å². The lowest BCUT2D eigenvalue weighted by molar-refractivity contribution is 0.0764. The van der Waals surface area contributed by atoms with Crippen LogP contribution in [0.5, 0.6) is 0 Å². The van der Waals surface area contributed by atoms with E-state index in [1.807, 2.05) is 26.0 Å². The van der Waals surface area contributed by atoms with Crippen molar-refractivity contribution in [1.29, 1.82) is 0 Å². The number of benzene rings is 2. The summed E-state index contributed by atoms with van der Waals surface area (Å²) in [5.41, 5.74) is 2.07. The van der Waals surface area contributed by atoms with Gasteiger partial charge in [0.1, 0.15) is 11.4 Å². The molecule has 3 aromatic rings. The third-order valence-electron chi connectivity index (χ3n) is 3.88. The molecule has 0 saturated heterocycles. The fourth-order valence-electron chi connectivity index (χ4n) is 2.71. The smallest absolute Gasteiger partial charge is 0.336 e. The van der Waals surface area contributed by atoms with Gasteiger partial charge >= 0.3 is 5.63 Å². The molecular formula is C19H16ClFO3. The molecule has 1 unspecified atom stereocenters. The first-order valence-electron chi connectivity index (χ1n) is 7.64. The minimum absolute atomic E-state index is 0.109. The van der Waals surface area contributed by atoms with Crippen molar-refractivity contribution in [3.63, 3.8) is 0 Å². The Kier molecular flexibility index (Phi) is 4.69. The topological polar surface area (TPSA) is 39.4 Å². The van der Waals surface area contributed by atoms with Crippen molar-refractivity contribution in [2.45, 2.75) is 20.0 Å². The third kappa shape index (κ3) is 3.21. The molecule has 0 fully saturated rings. The third-order valence-corrected chi connectivity index (χ3v) is 4.19. The van der Waals surface area contributed by atoms with Crippen LogP contribution in [0.4, 0.5) is 4.39 Å². The second-order valence-corrected chi connectivity index (χ2v) is 5.86. The van der Waals surface area contributed by atoms with Crippen molar-refractivity contribution in [2.24, 2.45) is 0 Å². The molecule has 0 spiro atoms. The molecule has 0 aliphatic rings. The van der Waals surface area contributed by atoms with Gasteiger partial charge in [-0.15, -0.1) is 0 Å². The minimum atomic E-state index is -0.487. The Morgan fingerprint density at radius 1 is 1.17 bits per heavy atom. The summed E-state index contributed by atoms with van der Waals surface area (Å²) in [6.45, 7) is 4.45. The van der Waals surface area contributed by atoms with Gasteiger partial charge in [-0.3, -0.25) is 0 Å². The fourth-order valence-corrected chi connectivity index (χ4v) is 2.98. The monoisotopic (exact) mass is 346 g/mol. The van der Waals surface area contributed by atoms with Gasteiger partial charge in [0.05, 0.1) is 11.1 Å². The van der Waals surface area contributed by atoms with E-state index in [2.05, 4.69) is 0 Å². The van der Waals surface area contributed by atoms with Crippen molar-refractivity contribution in [1.82, 2.24) is 0 Å². The van der Waals surface area contributed by atoms with Crippen molar-refractivity contribution >= 4 is 22.6 Å². The molecule has 0 aliphatic carbocycles. The van der Waals surface area contributed by atoms with E-state index in [4.69, 9.17) is 20.8 Å². The van der Waals surface area contributed by atoms with E-state index >= 15 is 0 Å². The number of fused-ring (bicyclic) bond motifs is 1. The quantitative estimate of drug-likeness (QED) is 0.598. The first kappa shape index (κ1) is 16.7.